The summed E-state index contributed by atoms with van der Waals surface area (Å²) in [5, 5.41) is 0. The molecule has 3 fully saturated rings. The number of esters is 1. The van der Waals surface area contributed by atoms with E-state index in [-0.39, 0.29) is 29.8 Å². The summed E-state index contributed by atoms with van der Waals surface area (Å²) >= 11 is 0. The van der Waals surface area contributed by atoms with Crippen molar-refractivity contribution in [3.8, 4) is 0 Å². The first-order valence-corrected chi connectivity index (χ1v) is 9.75. The Morgan fingerprint density at radius 1 is 0.778 bits per heavy atom. The molecule has 0 radical (unpaired) electrons. The van der Waals surface area contributed by atoms with E-state index in [1.165, 1.54) is 0 Å². The third-order valence-corrected chi connectivity index (χ3v) is 5.72. The second kappa shape index (κ2) is 8.68. The van der Waals surface area contributed by atoms with Gasteiger partial charge in [-0.15, -0.1) is 0 Å². The van der Waals surface area contributed by atoms with Crippen molar-refractivity contribution < 1.29 is 19.0 Å². The summed E-state index contributed by atoms with van der Waals surface area (Å²) in [6, 6.07) is 20.3. The molecule has 1 aliphatic carbocycles. The minimum absolute atomic E-state index is 0.0383. The van der Waals surface area contributed by atoms with Gasteiger partial charge in [0.2, 0.25) is 0 Å². The van der Waals surface area contributed by atoms with E-state index in [2.05, 4.69) is 24.3 Å². The minimum atomic E-state index is -0.0592. The van der Waals surface area contributed by atoms with Gasteiger partial charge >= 0.3 is 5.97 Å². The molecule has 4 heteroatoms. The molecule has 2 bridgehead atoms. The van der Waals surface area contributed by atoms with Crippen LogP contribution in [0.1, 0.15) is 24.0 Å². The Kier molecular flexibility index (Phi) is 5.85. The molecule has 2 aliphatic heterocycles. The number of carbonyl (C=O) groups excluding carboxylic acids is 1. The van der Waals surface area contributed by atoms with Crippen LogP contribution in [0.3, 0.4) is 0 Å². The van der Waals surface area contributed by atoms with E-state index in [1.807, 2.05) is 36.4 Å². The van der Waals surface area contributed by atoms with Crippen molar-refractivity contribution in [2.75, 3.05) is 13.2 Å². The molecule has 1 saturated carbocycles. The molecule has 0 N–H and O–H groups in total. The van der Waals surface area contributed by atoms with Gasteiger partial charge in [-0.1, -0.05) is 60.7 Å². The van der Waals surface area contributed by atoms with Gasteiger partial charge in [0.1, 0.15) is 6.10 Å². The highest BCUT2D eigenvalue weighted by atomic mass is 16.6. The monoisotopic (exact) mass is 366 g/mol. The van der Waals surface area contributed by atoms with Crippen LogP contribution in [-0.2, 0) is 32.2 Å². The molecule has 0 unspecified atom stereocenters. The molecule has 2 saturated heterocycles. The number of benzene rings is 2. The van der Waals surface area contributed by atoms with E-state index >= 15 is 0 Å². The van der Waals surface area contributed by atoms with Gasteiger partial charge in [-0.2, -0.15) is 0 Å². The zero-order valence-corrected chi connectivity index (χ0v) is 15.5. The summed E-state index contributed by atoms with van der Waals surface area (Å²) in [6.07, 6.45) is 1.80. The second-order valence-corrected chi connectivity index (χ2v) is 7.49. The minimum Gasteiger partial charge on any atom is -0.462 e. The number of ether oxygens (including phenoxy) is 3. The number of fused-ring (bicyclic) bond motifs is 3. The van der Waals surface area contributed by atoms with E-state index in [0.29, 0.717) is 26.4 Å². The number of hydrogen-bond donors (Lipinski definition) is 0. The lowest BCUT2D eigenvalue weighted by Gasteiger charge is -2.46. The quantitative estimate of drug-likeness (QED) is 0.663. The third-order valence-electron chi connectivity index (χ3n) is 5.72. The van der Waals surface area contributed by atoms with E-state index < -0.39 is 0 Å². The van der Waals surface area contributed by atoms with Crippen LogP contribution >= 0.6 is 0 Å². The lowest BCUT2D eigenvalue weighted by molar-refractivity contribution is -0.194. The van der Waals surface area contributed by atoms with Crippen molar-refractivity contribution in [3.05, 3.63) is 71.8 Å². The van der Waals surface area contributed by atoms with Crippen molar-refractivity contribution in [2.24, 2.45) is 17.8 Å². The van der Waals surface area contributed by atoms with E-state index in [1.54, 1.807) is 0 Å². The fourth-order valence-electron chi connectivity index (χ4n) is 4.27. The molecule has 4 nitrogen and oxygen atoms in total. The molecule has 27 heavy (non-hydrogen) atoms. The molecular weight excluding hydrogens is 340 g/mol. The molecule has 142 valence electrons. The van der Waals surface area contributed by atoms with Crippen LogP contribution < -0.4 is 0 Å². The molecular formula is C23H26O4. The fourth-order valence-corrected chi connectivity index (χ4v) is 4.27. The van der Waals surface area contributed by atoms with Gasteiger partial charge in [0.25, 0.3) is 0 Å². The van der Waals surface area contributed by atoms with Crippen molar-refractivity contribution in [1.82, 2.24) is 0 Å². The molecule has 0 spiro atoms. The van der Waals surface area contributed by atoms with Gasteiger partial charge < -0.3 is 14.2 Å². The highest BCUT2D eigenvalue weighted by molar-refractivity contribution is 5.74. The molecule has 0 aromatic heterocycles. The number of carbonyl (C=O) groups is 1. The maximum absolute atomic E-state index is 12.2. The SMILES string of the molecule is O=C1O[C@H]2CC[C@@H]1[C@H](COCc1ccccc1)[C@@H]2COCc1ccccc1. The Morgan fingerprint density at radius 3 is 1.89 bits per heavy atom. The van der Waals surface area contributed by atoms with Gasteiger partial charge in [-0.25, -0.2) is 0 Å². The van der Waals surface area contributed by atoms with Gasteiger partial charge in [-0.05, 0) is 24.0 Å². The Bertz CT molecular complexity index is 731. The van der Waals surface area contributed by atoms with Crippen molar-refractivity contribution in [1.29, 1.82) is 0 Å². The summed E-state index contributed by atoms with van der Waals surface area (Å²) in [4.78, 5) is 12.2. The van der Waals surface area contributed by atoms with Crippen molar-refractivity contribution in [2.45, 2.75) is 32.2 Å². The standard InChI is InChI=1S/C23H26O4/c24-23-19-11-12-22(27-23)21(16-26-14-18-9-5-2-6-10-18)20(19)15-25-13-17-7-3-1-4-8-17/h1-10,19-22H,11-16H2/t19-,20+,21+,22+/m1/s1. The fraction of sp³-hybridized carbons (Fsp3) is 0.435. The number of rotatable bonds is 8. The van der Waals surface area contributed by atoms with Crippen molar-refractivity contribution in [3.63, 3.8) is 0 Å². The second-order valence-electron chi connectivity index (χ2n) is 7.49. The maximum Gasteiger partial charge on any atom is 0.309 e. The van der Waals surface area contributed by atoms with Crippen LogP contribution in [0.15, 0.2) is 60.7 Å². The normalized spacial score (nSPS) is 26.7. The zero-order chi connectivity index (χ0) is 18.5. The largest absolute Gasteiger partial charge is 0.462 e. The van der Waals surface area contributed by atoms with E-state index in [4.69, 9.17) is 14.2 Å². The lowest BCUT2D eigenvalue weighted by Crippen LogP contribution is -2.53. The summed E-state index contributed by atoms with van der Waals surface area (Å²) in [7, 11) is 0. The highest BCUT2D eigenvalue weighted by Gasteiger charge is 2.50. The first kappa shape index (κ1) is 18.2. The maximum atomic E-state index is 12.2. The van der Waals surface area contributed by atoms with Crippen LogP contribution in [0.5, 0.6) is 0 Å². The lowest BCUT2D eigenvalue weighted by atomic mass is 9.68. The summed E-state index contributed by atoms with van der Waals surface area (Å²) < 4.78 is 17.6. The van der Waals surface area contributed by atoms with Gasteiger partial charge in [0.15, 0.2) is 0 Å². The molecule has 0 amide bonds. The van der Waals surface area contributed by atoms with Crippen LogP contribution in [0.2, 0.25) is 0 Å². The van der Waals surface area contributed by atoms with Crippen LogP contribution in [0.4, 0.5) is 0 Å². The van der Waals surface area contributed by atoms with Gasteiger partial charge in [0.05, 0.1) is 32.3 Å². The van der Waals surface area contributed by atoms with Crippen LogP contribution in [0.25, 0.3) is 0 Å². The smallest absolute Gasteiger partial charge is 0.309 e. The Labute approximate surface area is 160 Å². The van der Waals surface area contributed by atoms with Crippen LogP contribution in [0, 0.1) is 17.8 Å². The predicted octanol–water partition coefficient (Wildman–Crippen LogP) is 3.99. The molecule has 4 atom stereocenters. The first-order chi connectivity index (χ1) is 13.3. The zero-order valence-electron chi connectivity index (χ0n) is 15.5. The molecule has 2 aromatic carbocycles. The molecule has 2 aromatic rings. The van der Waals surface area contributed by atoms with Gasteiger partial charge in [-0.3, -0.25) is 4.79 Å². The Balaban J connectivity index is 1.35. The Hall–Kier alpha value is -2.17. The van der Waals surface area contributed by atoms with Crippen molar-refractivity contribution >= 4 is 5.97 Å². The summed E-state index contributed by atoms with van der Waals surface area (Å²) in [5.74, 6) is 0.264. The summed E-state index contributed by atoms with van der Waals surface area (Å²) in [6.45, 7) is 2.33. The molecule has 5 rings (SSSR count). The third kappa shape index (κ3) is 4.40. The van der Waals surface area contributed by atoms with Crippen LogP contribution in [-0.4, -0.2) is 25.3 Å². The van der Waals surface area contributed by atoms with E-state index in [9.17, 15) is 4.79 Å². The first-order valence-electron chi connectivity index (χ1n) is 9.75. The topological polar surface area (TPSA) is 44.8 Å². The number of hydrogen-bond acceptors (Lipinski definition) is 4. The summed E-state index contributed by atoms with van der Waals surface area (Å²) in [5.41, 5.74) is 2.31. The highest BCUT2D eigenvalue weighted by Crippen LogP contribution is 2.43. The van der Waals surface area contributed by atoms with E-state index in [0.717, 1.165) is 24.0 Å². The predicted molar refractivity (Wildman–Crippen MR) is 102 cm³/mol. The van der Waals surface area contributed by atoms with Gasteiger partial charge in [0, 0.05) is 11.8 Å². The average molecular weight is 366 g/mol. The Morgan fingerprint density at radius 2 is 1.33 bits per heavy atom. The molecule has 2 heterocycles. The molecule has 3 aliphatic rings. The average Bonchev–Trinajstić information content (AvgIpc) is 2.71.